The molecule has 0 bridgehead atoms. The molecule has 1 N–H and O–H groups in total. The van der Waals surface area contributed by atoms with Gasteiger partial charge >= 0.3 is 0 Å². The van der Waals surface area contributed by atoms with Gasteiger partial charge in [0.05, 0.1) is 10.6 Å². The molecule has 1 unspecified atom stereocenters. The first kappa shape index (κ1) is 29.7. The average Bonchev–Trinajstić information content (AvgIpc) is 3.52. The van der Waals surface area contributed by atoms with Gasteiger partial charge in [-0.25, -0.2) is 8.42 Å². The van der Waals surface area contributed by atoms with Crippen LogP contribution < -0.4 is 19.1 Å². The van der Waals surface area contributed by atoms with Crippen LogP contribution in [-0.4, -0.2) is 57.0 Å². The molecular formula is C31H34ClN3O6S. The number of hydrogen-bond donors (Lipinski definition) is 1. The maximum atomic E-state index is 14.1. The van der Waals surface area contributed by atoms with Crippen molar-refractivity contribution >= 4 is 39.1 Å². The van der Waals surface area contributed by atoms with E-state index in [1.54, 1.807) is 67.6 Å². The van der Waals surface area contributed by atoms with E-state index in [-0.39, 0.29) is 29.1 Å². The van der Waals surface area contributed by atoms with Crippen molar-refractivity contribution in [3.63, 3.8) is 0 Å². The SMILES string of the molecule is CC(C(=O)NC1CCCC1)N(Cc1ccc(Cl)cc1)C(=O)CN(c1ccc2c(c1)OCCO2)S(=O)(=O)c1ccccc1. The highest BCUT2D eigenvalue weighted by molar-refractivity contribution is 7.92. The molecule has 2 amide bonds. The molecule has 1 fully saturated rings. The van der Waals surface area contributed by atoms with E-state index in [9.17, 15) is 18.0 Å². The lowest BCUT2D eigenvalue weighted by Gasteiger charge is -2.32. The monoisotopic (exact) mass is 611 g/mol. The van der Waals surface area contributed by atoms with Crippen LogP contribution in [0.3, 0.4) is 0 Å². The molecule has 0 radical (unpaired) electrons. The van der Waals surface area contributed by atoms with E-state index >= 15 is 0 Å². The summed E-state index contributed by atoms with van der Waals surface area (Å²) in [5.41, 5.74) is 0.996. The molecule has 3 aromatic rings. The summed E-state index contributed by atoms with van der Waals surface area (Å²) < 4.78 is 40.3. The number of nitrogens with one attached hydrogen (secondary N) is 1. The third kappa shape index (κ3) is 6.82. The number of carbonyl (C=O) groups excluding carboxylic acids is 2. The van der Waals surface area contributed by atoms with E-state index in [1.165, 1.54) is 17.0 Å². The first-order valence-electron chi connectivity index (χ1n) is 14.0. The van der Waals surface area contributed by atoms with Crippen LogP contribution in [-0.2, 0) is 26.2 Å². The third-order valence-corrected chi connectivity index (χ3v) is 9.60. The number of anilines is 1. The van der Waals surface area contributed by atoms with Gasteiger partial charge in [-0.1, -0.05) is 54.8 Å². The summed E-state index contributed by atoms with van der Waals surface area (Å²) in [5, 5.41) is 3.61. The molecule has 0 aromatic heterocycles. The molecule has 2 aliphatic rings. The van der Waals surface area contributed by atoms with E-state index in [0.717, 1.165) is 35.6 Å². The van der Waals surface area contributed by atoms with Crippen molar-refractivity contribution in [1.29, 1.82) is 0 Å². The van der Waals surface area contributed by atoms with Crippen molar-refractivity contribution in [2.75, 3.05) is 24.1 Å². The fourth-order valence-corrected chi connectivity index (χ4v) is 6.75. The third-order valence-electron chi connectivity index (χ3n) is 7.56. The Morgan fingerprint density at radius 2 is 1.62 bits per heavy atom. The van der Waals surface area contributed by atoms with Crippen molar-refractivity contribution in [3.8, 4) is 11.5 Å². The normalized spacial score (nSPS) is 15.6. The predicted octanol–water partition coefficient (Wildman–Crippen LogP) is 4.78. The van der Waals surface area contributed by atoms with Crippen molar-refractivity contribution < 1.29 is 27.5 Å². The topological polar surface area (TPSA) is 105 Å². The highest BCUT2D eigenvalue weighted by Crippen LogP contribution is 2.36. The van der Waals surface area contributed by atoms with Gasteiger partial charge in [-0.15, -0.1) is 0 Å². The molecule has 1 heterocycles. The Bertz CT molecular complexity index is 1510. The second-order valence-electron chi connectivity index (χ2n) is 10.5. The van der Waals surface area contributed by atoms with Crippen LogP contribution >= 0.6 is 11.6 Å². The Morgan fingerprint density at radius 3 is 2.31 bits per heavy atom. The van der Waals surface area contributed by atoms with Crippen LogP contribution in [0.25, 0.3) is 0 Å². The van der Waals surface area contributed by atoms with Crippen LogP contribution in [0.1, 0.15) is 38.2 Å². The van der Waals surface area contributed by atoms with E-state index in [1.807, 2.05) is 0 Å². The van der Waals surface area contributed by atoms with Gasteiger partial charge in [0.2, 0.25) is 11.8 Å². The smallest absolute Gasteiger partial charge is 0.264 e. The number of carbonyl (C=O) groups is 2. The zero-order valence-electron chi connectivity index (χ0n) is 23.4. The van der Waals surface area contributed by atoms with E-state index in [0.29, 0.717) is 29.7 Å². The maximum absolute atomic E-state index is 14.1. The van der Waals surface area contributed by atoms with Gasteiger partial charge < -0.3 is 19.7 Å². The number of nitrogens with zero attached hydrogens (tertiary/aromatic N) is 2. The summed E-state index contributed by atoms with van der Waals surface area (Å²) in [4.78, 5) is 28.9. The van der Waals surface area contributed by atoms with E-state index in [4.69, 9.17) is 21.1 Å². The van der Waals surface area contributed by atoms with Gasteiger partial charge in [0.1, 0.15) is 25.8 Å². The summed E-state index contributed by atoms with van der Waals surface area (Å²) in [6.07, 6.45) is 3.90. The molecule has 42 heavy (non-hydrogen) atoms. The molecule has 1 atom stereocenters. The zero-order valence-corrected chi connectivity index (χ0v) is 24.9. The lowest BCUT2D eigenvalue weighted by atomic mass is 10.1. The number of hydrogen-bond acceptors (Lipinski definition) is 6. The molecule has 0 saturated heterocycles. The van der Waals surface area contributed by atoms with Crippen LogP contribution in [0.4, 0.5) is 5.69 Å². The Hall–Kier alpha value is -3.76. The second kappa shape index (κ2) is 13.0. The van der Waals surface area contributed by atoms with Gasteiger partial charge in [-0.2, -0.15) is 0 Å². The molecule has 1 aliphatic carbocycles. The van der Waals surface area contributed by atoms with Crippen LogP contribution in [0, 0.1) is 0 Å². The Balaban J connectivity index is 1.48. The highest BCUT2D eigenvalue weighted by Gasteiger charge is 2.34. The first-order valence-corrected chi connectivity index (χ1v) is 15.9. The minimum absolute atomic E-state index is 0.0314. The van der Waals surface area contributed by atoms with Crippen LogP contribution in [0.2, 0.25) is 5.02 Å². The van der Waals surface area contributed by atoms with Gasteiger partial charge in [0, 0.05) is 23.7 Å². The van der Waals surface area contributed by atoms with Crippen LogP contribution in [0.5, 0.6) is 11.5 Å². The number of amides is 2. The molecule has 3 aromatic carbocycles. The molecule has 1 aliphatic heterocycles. The lowest BCUT2D eigenvalue weighted by molar-refractivity contribution is -0.139. The number of ether oxygens (including phenoxy) is 2. The van der Waals surface area contributed by atoms with Gasteiger partial charge in [-0.05, 0) is 61.7 Å². The summed E-state index contributed by atoms with van der Waals surface area (Å²) in [5.74, 6) is 0.0752. The predicted molar refractivity (Wildman–Crippen MR) is 160 cm³/mol. The second-order valence-corrected chi connectivity index (χ2v) is 12.8. The molecule has 0 spiro atoms. The molecule has 11 heteroatoms. The van der Waals surface area contributed by atoms with Crippen LogP contribution in [0.15, 0.2) is 77.7 Å². The van der Waals surface area contributed by atoms with Gasteiger partial charge in [-0.3, -0.25) is 13.9 Å². The minimum atomic E-state index is -4.18. The number of rotatable bonds is 10. The fourth-order valence-electron chi connectivity index (χ4n) is 5.20. The highest BCUT2D eigenvalue weighted by atomic mass is 35.5. The Labute approximate surface area is 251 Å². The maximum Gasteiger partial charge on any atom is 0.264 e. The lowest BCUT2D eigenvalue weighted by Crippen LogP contribution is -2.52. The number of sulfonamides is 1. The average molecular weight is 612 g/mol. The van der Waals surface area contributed by atoms with E-state index < -0.39 is 28.5 Å². The molecule has 222 valence electrons. The fraction of sp³-hybridized carbons (Fsp3) is 0.355. The van der Waals surface area contributed by atoms with Crippen molar-refractivity contribution in [3.05, 3.63) is 83.4 Å². The quantitative estimate of drug-likeness (QED) is 0.354. The molecule has 5 rings (SSSR count). The number of fused-ring (bicyclic) bond motifs is 1. The first-order chi connectivity index (χ1) is 20.2. The van der Waals surface area contributed by atoms with Crippen molar-refractivity contribution in [2.45, 2.75) is 56.1 Å². The van der Waals surface area contributed by atoms with Gasteiger partial charge in [0.15, 0.2) is 11.5 Å². The van der Waals surface area contributed by atoms with Gasteiger partial charge in [0.25, 0.3) is 10.0 Å². The standard InChI is InChI=1S/C31H34ClN3O6S/c1-22(31(37)33-25-7-5-6-8-25)34(20-23-11-13-24(32)14-12-23)30(36)21-35(42(38,39)27-9-3-2-4-10-27)26-15-16-28-29(19-26)41-18-17-40-28/h2-4,9-16,19,22,25H,5-8,17-18,20-21H2,1H3,(H,33,37). The Kier molecular flexibility index (Phi) is 9.23. The summed E-state index contributed by atoms with van der Waals surface area (Å²) >= 11 is 6.08. The largest absolute Gasteiger partial charge is 0.486 e. The Morgan fingerprint density at radius 1 is 0.952 bits per heavy atom. The number of halogens is 1. The summed E-state index contributed by atoms with van der Waals surface area (Å²) in [7, 11) is -4.18. The van der Waals surface area contributed by atoms with Crippen molar-refractivity contribution in [2.24, 2.45) is 0 Å². The van der Waals surface area contributed by atoms with E-state index in [2.05, 4.69) is 5.32 Å². The molecule has 9 nitrogen and oxygen atoms in total. The molecule has 1 saturated carbocycles. The number of benzene rings is 3. The zero-order chi connectivity index (χ0) is 29.7. The minimum Gasteiger partial charge on any atom is -0.486 e. The molecular weight excluding hydrogens is 578 g/mol. The summed E-state index contributed by atoms with van der Waals surface area (Å²) in [6, 6.07) is 18.9. The van der Waals surface area contributed by atoms with Crippen molar-refractivity contribution in [1.82, 2.24) is 10.2 Å². The summed E-state index contributed by atoms with van der Waals surface area (Å²) in [6.45, 7) is 1.93.